The second-order valence-corrected chi connectivity index (χ2v) is 7.86. The second kappa shape index (κ2) is 3.29. The van der Waals surface area contributed by atoms with Crippen molar-refractivity contribution in [2.45, 2.75) is 65.4 Å². The summed E-state index contributed by atoms with van der Waals surface area (Å²) in [5.41, 5.74) is 1.29. The van der Waals surface area contributed by atoms with Crippen molar-refractivity contribution in [3.05, 3.63) is 0 Å². The molecular formula is C16H28O. The highest BCUT2D eigenvalue weighted by Crippen LogP contribution is 2.73. The largest absolute Gasteiger partial charge is 0.378 e. The highest BCUT2D eigenvalue weighted by molar-refractivity contribution is 5.17. The third kappa shape index (κ3) is 1.25. The van der Waals surface area contributed by atoms with E-state index < -0.39 is 0 Å². The monoisotopic (exact) mass is 236 g/mol. The van der Waals surface area contributed by atoms with Gasteiger partial charge < -0.3 is 4.74 Å². The first-order valence-electron chi connectivity index (χ1n) is 7.42. The lowest BCUT2D eigenvalue weighted by Crippen LogP contribution is -2.45. The van der Waals surface area contributed by atoms with Crippen LogP contribution in [0.5, 0.6) is 0 Å². The van der Waals surface area contributed by atoms with Crippen LogP contribution in [0.2, 0.25) is 0 Å². The van der Waals surface area contributed by atoms with Crippen molar-refractivity contribution < 1.29 is 4.74 Å². The van der Waals surface area contributed by atoms with Crippen LogP contribution in [0.3, 0.4) is 0 Å². The van der Waals surface area contributed by atoms with E-state index in [2.05, 4.69) is 27.7 Å². The van der Waals surface area contributed by atoms with Crippen LogP contribution in [0.25, 0.3) is 0 Å². The number of methoxy groups -OCH3 is 1. The van der Waals surface area contributed by atoms with Gasteiger partial charge in [-0.05, 0) is 67.6 Å². The van der Waals surface area contributed by atoms with E-state index in [4.69, 9.17) is 4.74 Å². The lowest BCUT2D eigenvalue weighted by molar-refractivity contribution is -0.100. The average Bonchev–Trinajstić information content (AvgIpc) is 2.70. The van der Waals surface area contributed by atoms with E-state index in [1.165, 1.54) is 32.1 Å². The number of fused-ring (bicyclic) bond motifs is 1. The number of rotatable bonds is 1. The molecule has 3 rings (SSSR count). The van der Waals surface area contributed by atoms with Crippen molar-refractivity contribution in [1.82, 2.24) is 0 Å². The first kappa shape index (κ1) is 12.0. The molecule has 0 radical (unpaired) electrons. The molecule has 3 fully saturated rings. The summed E-state index contributed by atoms with van der Waals surface area (Å²) >= 11 is 0. The SMILES string of the molecule is CO[C@]1(C)CC[C@@]23C[C@H]1C(C)(C)[C@@H]2CC[C@H]3C. The minimum Gasteiger partial charge on any atom is -0.378 e. The highest BCUT2D eigenvalue weighted by Gasteiger charge is 2.68. The van der Waals surface area contributed by atoms with Gasteiger partial charge in [0.1, 0.15) is 0 Å². The minimum atomic E-state index is 0.138. The van der Waals surface area contributed by atoms with Crippen molar-refractivity contribution in [2.75, 3.05) is 7.11 Å². The molecule has 98 valence electrons. The summed E-state index contributed by atoms with van der Waals surface area (Å²) in [5.74, 6) is 2.66. The molecule has 0 aliphatic heterocycles. The number of ether oxygens (including phenoxy) is 1. The van der Waals surface area contributed by atoms with E-state index in [9.17, 15) is 0 Å². The maximum atomic E-state index is 5.94. The van der Waals surface area contributed by atoms with Gasteiger partial charge in [0.2, 0.25) is 0 Å². The van der Waals surface area contributed by atoms with Gasteiger partial charge in [-0.15, -0.1) is 0 Å². The van der Waals surface area contributed by atoms with Gasteiger partial charge in [-0.3, -0.25) is 0 Å². The van der Waals surface area contributed by atoms with Gasteiger partial charge in [-0.25, -0.2) is 0 Å². The minimum absolute atomic E-state index is 0.138. The Morgan fingerprint density at radius 2 is 1.71 bits per heavy atom. The second-order valence-electron chi connectivity index (χ2n) is 7.86. The van der Waals surface area contributed by atoms with Crippen LogP contribution in [0, 0.1) is 28.6 Å². The Kier molecular flexibility index (Phi) is 2.32. The maximum Gasteiger partial charge on any atom is 0.0684 e. The molecule has 0 heterocycles. The van der Waals surface area contributed by atoms with Gasteiger partial charge in [0, 0.05) is 7.11 Å². The molecule has 0 aromatic carbocycles. The zero-order valence-corrected chi connectivity index (χ0v) is 12.2. The van der Waals surface area contributed by atoms with Gasteiger partial charge in [-0.1, -0.05) is 20.8 Å². The van der Waals surface area contributed by atoms with Crippen LogP contribution in [-0.4, -0.2) is 12.7 Å². The molecule has 0 unspecified atom stereocenters. The molecule has 0 aromatic heterocycles. The fourth-order valence-electron chi connectivity index (χ4n) is 6.10. The zero-order valence-electron chi connectivity index (χ0n) is 12.2. The molecule has 0 saturated heterocycles. The average molecular weight is 236 g/mol. The summed E-state index contributed by atoms with van der Waals surface area (Å²) in [6, 6.07) is 0. The van der Waals surface area contributed by atoms with Crippen LogP contribution in [0.15, 0.2) is 0 Å². The first-order chi connectivity index (χ1) is 7.87. The molecule has 3 saturated carbocycles. The van der Waals surface area contributed by atoms with Gasteiger partial charge in [0.05, 0.1) is 5.60 Å². The fourth-order valence-corrected chi connectivity index (χ4v) is 6.10. The summed E-state index contributed by atoms with van der Waals surface area (Å²) in [6.45, 7) is 9.90. The molecule has 17 heavy (non-hydrogen) atoms. The predicted octanol–water partition coefficient (Wildman–Crippen LogP) is 4.26. The van der Waals surface area contributed by atoms with E-state index in [1.54, 1.807) is 0 Å². The molecule has 5 atom stereocenters. The fraction of sp³-hybridized carbons (Fsp3) is 1.00. The maximum absolute atomic E-state index is 5.94. The summed E-state index contributed by atoms with van der Waals surface area (Å²) in [4.78, 5) is 0. The predicted molar refractivity (Wildman–Crippen MR) is 70.9 cm³/mol. The summed E-state index contributed by atoms with van der Waals surface area (Å²) in [7, 11) is 1.92. The third-order valence-electron chi connectivity index (χ3n) is 7.23. The normalized spacial score (nSPS) is 55.9. The summed E-state index contributed by atoms with van der Waals surface area (Å²) < 4.78 is 5.94. The molecule has 1 heteroatoms. The molecule has 0 aromatic rings. The van der Waals surface area contributed by atoms with Crippen LogP contribution in [-0.2, 0) is 4.74 Å². The Hall–Kier alpha value is -0.0400. The van der Waals surface area contributed by atoms with E-state index >= 15 is 0 Å². The molecule has 0 amide bonds. The number of hydrogen-bond donors (Lipinski definition) is 0. The Labute approximate surface area is 106 Å². The van der Waals surface area contributed by atoms with Crippen molar-refractivity contribution in [3.63, 3.8) is 0 Å². The molecule has 3 aliphatic carbocycles. The van der Waals surface area contributed by atoms with E-state index in [1.807, 2.05) is 7.11 Å². The Balaban J connectivity index is 2.04. The molecule has 0 N–H and O–H groups in total. The summed E-state index contributed by atoms with van der Waals surface area (Å²) in [6.07, 6.45) is 7.03. The summed E-state index contributed by atoms with van der Waals surface area (Å²) in [5, 5.41) is 0. The van der Waals surface area contributed by atoms with Crippen molar-refractivity contribution >= 4 is 0 Å². The smallest absolute Gasteiger partial charge is 0.0684 e. The van der Waals surface area contributed by atoms with Crippen molar-refractivity contribution in [3.8, 4) is 0 Å². The van der Waals surface area contributed by atoms with Gasteiger partial charge >= 0.3 is 0 Å². The Bertz CT molecular complexity index is 334. The lowest BCUT2D eigenvalue weighted by Gasteiger charge is -2.46. The Morgan fingerprint density at radius 3 is 2.35 bits per heavy atom. The lowest BCUT2D eigenvalue weighted by atomic mass is 9.64. The molecule has 1 nitrogen and oxygen atoms in total. The van der Waals surface area contributed by atoms with Gasteiger partial charge in [0.15, 0.2) is 0 Å². The number of hydrogen-bond acceptors (Lipinski definition) is 1. The quantitative estimate of drug-likeness (QED) is 0.661. The van der Waals surface area contributed by atoms with Crippen LogP contribution in [0.1, 0.15) is 59.8 Å². The first-order valence-corrected chi connectivity index (χ1v) is 7.42. The van der Waals surface area contributed by atoms with Crippen LogP contribution >= 0.6 is 0 Å². The molecule has 2 bridgehead atoms. The van der Waals surface area contributed by atoms with Crippen molar-refractivity contribution in [2.24, 2.45) is 28.6 Å². The highest BCUT2D eigenvalue weighted by atomic mass is 16.5. The standard InChI is InChI=1S/C16H28O/c1-11-6-7-12-14(2,3)13-10-16(11,12)9-8-15(13,4)17-5/h11-13H,6-10H2,1-5H3/t11-,12+,13+,15-,16+/m1/s1. The third-order valence-corrected chi connectivity index (χ3v) is 7.23. The zero-order chi connectivity index (χ0) is 12.5. The Morgan fingerprint density at radius 1 is 1.00 bits per heavy atom. The molecule has 1 spiro atoms. The molecule has 3 aliphatic rings. The van der Waals surface area contributed by atoms with E-state index in [0.717, 1.165) is 17.8 Å². The topological polar surface area (TPSA) is 9.23 Å². The van der Waals surface area contributed by atoms with Crippen molar-refractivity contribution in [1.29, 1.82) is 0 Å². The van der Waals surface area contributed by atoms with E-state index in [-0.39, 0.29) is 5.60 Å². The van der Waals surface area contributed by atoms with Gasteiger partial charge in [0.25, 0.3) is 0 Å². The van der Waals surface area contributed by atoms with Gasteiger partial charge in [-0.2, -0.15) is 0 Å². The van der Waals surface area contributed by atoms with E-state index in [0.29, 0.717) is 10.8 Å². The molecular weight excluding hydrogens is 208 g/mol. The van der Waals surface area contributed by atoms with Crippen LogP contribution in [0.4, 0.5) is 0 Å². The van der Waals surface area contributed by atoms with Crippen LogP contribution < -0.4 is 0 Å².